The van der Waals surface area contributed by atoms with Crippen LogP contribution in [-0.2, 0) is 11.2 Å². The number of pyridine rings is 1. The number of ether oxygens (including phenoxy) is 1. The summed E-state index contributed by atoms with van der Waals surface area (Å²) < 4.78 is 16.6. The summed E-state index contributed by atoms with van der Waals surface area (Å²) in [6.07, 6.45) is 9.14. The van der Waals surface area contributed by atoms with Crippen molar-refractivity contribution in [3.63, 3.8) is 0 Å². The van der Waals surface area contributed by atoms with E-state index in [9.17, 15) is 4.79 Å². The molecule has 2 aliphatic rings. The number of hydrogen-bond donors (Lipinski definition) is 0. The number of carbonyl (C=O) groups excluding carboxylic acids is 1. The Kier molecular flexibility index (Phi) is 4.46. The standard InChI is InChI=1S/C20H22N4O4/c25-20(26-15-2-1-3-15)24-8-5-13(6-9-24)10-18-22-19(28-23-18)17-11-14-12-21-7-4-16(14)27-17/h4,7,11-13,15H,1-3,5-6,8-10H2. The lowest BCUT2D eigenvalue weighted by Gasteiger charge is -2.33. The van der Waals surface area contributed by atoms with Gasteiger partial charge in [0.15, 0.2) is 11.6 Å². The van der Waals surface area contributed by atoms with E-state index in [0.717, 1.165) is 62.6 Å². The van der Waals surface area contributed by atoms with Gasteiger partial charge in [-0.25, -0.2) is 4.79 Å². The first kappa shape index (κ1) is 17.2. The molecule has 0 spiro atoms. The summed E-state index contributed by atoms with van der Waals surface area (Å²) in [5.41, 5.74) is 0.742. The summed E-state index contributed by atoms with van der Waals surface area (Å²) >= 11 is 0. The van der Waals surface area contributed by atoms with Crippen molar-refractivity contribution in [1.29, 1.82) is 0 Å². The van der Waals surface area contributed by atoms with Crippen molar-refractivity contribution in [3.05, 3.63) is 30.4 Å². The van der Waals surface area contributed by atoms with Gasteiger partial charge in [-0.1, -0.05) is 5.16 Å². The molecule has 3 aromatic rings. The smallest absolute Gasteiger partial charge is 0.410 e. The number of carbonyl (C=O) groups is 1. The summed E-state index contributed by atoms with van der Waals surface area (Å²) in [4.78, 5) is 22.5. The molecule has 28 heavy (non-hydrogen) atoms. The second-order valence-electron chi connectivity index (χ2n) is 7.61. The molecule has 4 heterocycles. The van der Waals surface area contributed by atoms with Crippen molar-refractivity contribution in [2.24, 2.45) is 5.92 Å². The van der Waals surface area contributed by atoms with Crippen LogP contribution in [0.4, 0.5) is 4.79 Å². The molecule has 0 atom stereocenters. The first-order valence-corrected chi connectivity index (χ1v) is 9.87. The van der Waals surface area contributed by atoms with Gasteiger partial charge >= 0.3 is 6.09 Å². The largest absolute Gasteiger partial charge is 0.451 e. The minimum absolute atomic E-state index is 0.136. The Morgan fingerprint density at radius 2 is 2.11 bits per heavy atom. The second-order valence-corrected chi connectivity index (χ2v) is 7.61. The van der Waals surface area contributed by atoms with Gasteiger partial charge in [0.05, 0.1) is 0 Å². The Hall–Kier alpha value is -2.90. The fourth-order valence-electron chi connectivity index (χ4n) is 3.71. The summed E-state index contributed by atoms with van der Waals surface area (Å²) in [5.74, 6) is 2.03. The maximum Gasteiger partial charge on any atom is 0.410 e. The van der Waals surface area contributed by atoms with Gasteiger partial charge in [-0.05, 0) is 50.2 Å². The molecule has 1 saturated carbocycles. The van der Waals surface area contributed by atoms with E-state index in [4.69, 9.17) is 13.7 Å². The Balaban J connectivity index is 1.17. The molecule has 1 aliphatic heterocycles. The van der Waals surface area contributed by atoms with Crippen molar-refractivity contribution >= 4 is 17.1 Å². The Morgan fingerprint density at radius 3 is 2.86 bits per heavy atom. The molecule has 8 heteroatoms. The van der Waals surface area contributed by atoms with E-state index in [1.54, 1.807) is 18.5 Å². The summed E-state index contributed by atoms with van der Waals surface area (Å²) in [7, 11) is 0. The molecule has 0 unspecified atom stereocenters. The summed E-state index contributed by atoms with van der Waals surface area (Å²) in [6, 6.07) is 3.66. The molecule has 0 aromatic carbocycles. The molecule has 0 N–H and O–H groups in total. The lowest BCUT2D eigenvalue weighted by atomic mass is 9.93. The van der Waals surface area contributed by atoms with Crippen LogP contribution in [0.5, 0.6) is 0 Å². The number of nitrogens with zero attached hydrogens (tertiary/aromatic N) is 4. The molecule has 146 valence electrons. The lowest BCUT2D eigenvalue weighted by Crippen LogP contribution is -2.41. The summed E-state index contributed by atoms with van der Waals surface area (Å²) in [6.45, 7) is 1.44. The van der Waals surface area contributed by atoms with Gasteiger partial charge in [-0.2, -0.15) is 4.98 Å². The van der Waals surface area contributed by atoms with Gasteiger partial charge < -0.3 is 18.6 Å². The maximum atomic E-state index is 12.1. The van der Waals surface area contributed by atoms with E-state index in [1.807, 2.05) is 11.0 Å². The second kappa shape index (κ2) is 7.26. The van der Waals surface area contributed by atoms with Crippen LogP contribution in [0, 0.1) is 5.92 Å². The van der Waals surface area contributed by atoms with Crippen molar-refractivity contribution in [2.45, 2.75) is 44.6 Å². The Labute approximate surface area is 161 Å². The third-order valence-corrected chi connectivity index (χ3v) is 5.66. The predicted octanol–water partition coefficient (Wildman–Crippen LogP) is 3.82. The third kappa shape index (κ3) is 3.46. The number of piperidine rings is 1. The number of aromatic nitrogens is 3. The van der Waals surface area contributed by atoms with E-state index < -0.39 is 0 Å². The van der Waals surface area contributed by atoms with Crippen molar-refractivity contribution in [2.75, 3.05) is 13.1 Å². The van der Waals surface area contributed by atoms with E-state index in [2.05, 4.69) is 15.1 Å². The van der Waals surface area contributed by atoms with Gasteiger partial charge in [0.1, 0.15) is 11.7 Å². The lowest BCUT2D eigenvalue weighted by molar-refractivity contribution is 0.0205. The minimum atomic E-state index is -0.163. The SMILES string of the molecule is O=C(OC1CCC1)N1CCC(Cc2noc(-c3cc4cnccc4o3)n2)CC1. The average Bonchev–Trinajstić information content (AvgIpc) is 3.31. The molecular weight excluding hydrogens is 360 g/mol. The van der Waals surface area contributed by atoms with E-state index in [1.165, 1.54) is 0 Å². The highest BCUT2D eigenvalue weighted by molar-refractivity contribution is 5.80. The number of amides is 1. The molecule has 2 fully saturated rings. The van der Waals surface area contributed by atoms with Crippen molar-refractivity contribution < 1.29 is 18.5 Å². The number of likely N-dealkylation sites (tertiary alicyclic amines) is 1. The summed E-state index contributed by atoms with van der Waals surface area (Å²) in [5, 5.41) is 5.00. The first-order valence-electron chi connectivity index (χ1n) is 9.87. The average molecular weight is 382 g/mol. The highest BCUT2D eigenvalue weighted by Gasteiger charge is 2.28. The van der Waals surface area contributed by atoms with Crippen molar-refractivity contribution in [1.82, 2.24) is 20.0 Å². The van der Waals surface area contributed by atoms with Gasteiger partial charge in [0.2, 0.25) is 0 Å². The fourth-order valence-corrected chi connectivity index (χ4v) is 3.71. The van der Waals surface area contributed by atoms with Gasteiger partial charge in [-0.3, -0.25) is 4.98 Å². The van der Waals surface area contributed by atoms with Crippen LogP contribution < -0.4 is 0 Å². The zero-order valence-corrected chi connectivity index (χ0v) is 15.5. The zero-order chi connectivity index (χ0) is 18.9. The molecule has 0 bridgehead atoms. The molecule has 1 saturated heterocycles. The highest BCUT2D eigenvalue weighted by Crippen LogP contribution is 2.28. The van der Waals surface area contributed by atoms with Crippen molar-refractivity contribution in [3.8, 4) is 11.7 Å². The van der Waals surface area contributed by atoms with Crippen LogP contribution in [0.2, 0.25) is 0 Å². The predicted molar refractivity (Wildman–Crippen MR) is 99.4 cm³/mol. The Bertz CT molecular complexity index is 936. The zero-order valence-electron chi connectivity index (χ0n) is 15.5. The number of fused-ring (bicyclic) bond motifs is 1. The van der Waals surface area contributed by atoms with Crippen LogP contribution >= 0.6 is 0 Å². The molecule has 8 nitrogen and oxygen atoms in total. The van der Waals surface area contributed by atoms with Crippen LogP contribution in [0.3, 0.4) is 0 Å². The Morgan fingerprint density at radius 1 is 1.25 bits per heavy atom. The molecule has 1 amide bonds. The maximum absolute atomic E-state index is 12.1. The van der Waals surface area contributed by atoms with E-state index in [0.29, 0.717) is 23.4 Å². The number of rotatable bonds is 4. The number of furan rings is 1. The minimum Gasteiger partial charge on any atom is -0.451 e. The molecule has 5 rings (SSSR count). The van der Waals surface area contributed by atoms with Gasteiger partial charge in [0.25, 0.3) is 5.89 Å². The topological polar surface area (TPSA) is 94.5 Å². The molecule has 0 radical (unpaired) electrons. The van der Waals surface area contributed by atoms with E-state index in [-0.39, 0.29) is 12.2 Å². The number of hydrogen-bond acceptors (Lipinski definition) is 7. The molecule has 3 aromatic heterocycles. The van der Waals surface area contributed by atoms with Gasteiger partial charge in [0, 0.05) is 37.3 Å². The highest BCUT2D eigenvalue weighted by atomic mass is 16.6. The normalized spacial score (nSPS) is 18.4. The van der Waals surface area contributed by atoms with Gasteiger partial charge in [-0.15, -0.1) is 0 Å². The molecule has 1 aliphatic carbocycles. The van der Waals surface area contributed by atoms with Crippen LogP contribution in [0.1, 0.15) is 37.9 Å². The van der Waals surface area contributed by atoms with Crippen LogP contribution in [0.25, 0.3) is 22.6 Å². The van der Waals surface area contributed by atoms with Crippen LogP contribution in [0.15, 0.2) is 33.5 Å². The van der Waals surface area contributed by atoms with E-state index >= 15 is 0 Å². The quantitative estimate of drug-likeness (QED) is 0.677. The fraction of sp³-hybridized carbons (Fsp3) is 0.500. The first-order chi connectivity index (χ1) is 13.7. The molecular formula is C20H22N4O4. The van der Waals surface area contributed by atoms with Crippen LogP contribution in [-0.4, -0.2) is 45.3 Å². The third-order valence-electron chi connectivity index (χ3n) is 5.66. The monoisotopic (exact) mass is 382 g/mol.